The molecule has 4 nitrogen and oxygen atoms in total. The molecule has 2 rings (SSSR count). The maximum absolute atomic E-state index is 4.67. The molecule has 1 aromatic rings. The van der Waals surface area contributed by atoms with Crippen LogP contribution in [0.4, 0.5) is 5.82 Å². The van der Waals surface area contributed by atoms with Crippen LogP contribution in [0.1, 0.15) is 58.0 Å². The van der Waals surface area contributed by atoms with E-state index in [1.807, 2.05) is 13.0 Å². The van der Waals surface area contributed by atoms with E-state index >= 15 is 0 Å². The Bertz CT molecular complexity index is 456. The number of anilines is 1. The average molecular weight is 290 g/mol. The Morgan fingerprint density at radius 3 is 2.81 bits per heavy atom. The summed E-state index contributed by atoms with van der Waals surface area (Å²) in [4.78, 5) is 11.8. The van der Waals surface area contributed by atoms with E-state index < -0.39 is 0 Å². The summed E-state index contributed by atoms with van der Waals surface area (Å²) in [7, 11) is 0. The first-order valence-corrected chi connectivity index (χ1v) is 8.29. The zero-order valence-electron chi connectivity index (χ0n) is 14.1. The summed E-state index contributed by atoms with van der Waals surface area (Å²) in [6, 6.07) is 2.03. The first kappa shape index (κ1) is 16.2. The topological polar surface area (TPSA) is 41.1 Å². The van der Waals surface area contributed by atoms with Crippen LogP contribution in [0.2, 0.25) is 0 Å². The van der Waals surface area contributed by atoms with Crippen molar-refractivity contribution < 1.29 is 0 Å². The Hall–Kier alpha value is -1.16. The quantitative estimate of drug-likeness (QED) is 0.899. The van der Waals surface area contributed by atoms with Crippen LogP contribution in [-0.4, -0.2) is 34.5 Å². The molecule has 1 N–H and O–H groups in total. The third-order valence-electron chi connectivity index (χ3n) is 4.25. The molecule has 0 saturated carbocycles. The SMILES string of the molecule is CCCNc1cc(C)nc(CN2CCCC(C)(C)CC2)n1. The third kappa shape index (κ3) is 5.27. The smallest absolute Gasteiger partial charge is 0.144 e. The van der Waals surface area contributed by atoms with E-state index in [2.05, 4.69) is 41.0 Å². The van der Waals surface area contributed by atoms with Gasteiger partial charge in [0.15, 0.2) is 0 Å². The number of nitrogens with zero attached hydrogens (tertiary/aromatic N) is 3. The predicted octanol–water partition coefficient (Wildman–Crippen LogP) is 3.62. The van der Waals surface area contributed by atoms with Crippen molar-refractivity contribution in [3.05, 3.63) is 17.6 Å². The highest BCUT2D eigenvalue weighted by atomic mass is 15.2. The average Bonchev–Trinajstić information content (AvgIpc) is 2.57. The molecule has 1 aromatic heterocycles. The van der Waals surface area contributed by atoms with Gasteiger partial charge >= 0.3 is 0 Å². The lowest BCUT2D eigenvalue weighted by Crippen LogP contribution is -2.26. The number of hydrogen-bond acceptors (Lipinski definition) is 4. The molecule has 0 amide bonds. The molecular weight excluding hydrogens is 260 g/mol. The molecule has 0 radical (unpaired) electrons. The minimum Gasteiger partial charge on any atom is -0.370 e. The van der Waals surface area contributed by atoms with Crippen molar-refractivity contribution in [3.63, 3.8) is 0 Å². The van der Waals surface area contributed by atoms with Crippen molar-refractivity contribution in [3.8, 4) is 0 Å². The summed E-state index contributed by atoms with van der Waals surface area (Å²) in [6.45, 7) is 13.1. The number of nitrogens with one attached hydrogen (secondary N) is 1. The molecular formula is C17H30N4. The van der Waals surface area contributed by atoms with Crippen LogP contribution in [0, 0.1) is 12.3 Å². The minimum absolute atomic E-state index is 0.482. The largest absolute Gasteiger partial charge is 0.370 e. The van der Waals surface area contributed by atoms with Gasteiger partial charge in [-0.1, -0.05) is 20.8 Å². The maximum Gasteiger partial charge on any atom is 0.144 e. The van der Waals surface area contributed by atoms with E-state index in [4.69, 9.17) is 0 Å². The van der Waals surface area contributed by atoms with Crippen molar-refractivity contribution in [1.29, 1.82) is 0 Å². The molecule has 1 saturated heterocycles. The summed E-state index contributed by atoms with van der Waals surface area (Å²) in [5.41, 5.74) is 1.53. The minimum atomic E-state index is 0.482. The molecule has 0 unspecified atom stereocenters. The lowest BCUT2D eigenvalue weighted by atomic mass is 9.85. The van der Waals surface area contributed by atoms with Crippen LogP contribution < -0.4 is 5.32 Å². The number of likely N-dealkylation sites (tertiary alicyclic amines) is 1. The Balaban J connectivity index is 2.00. The van der Waals surface area contributed by atoms with E-state index in [-0.39, 0.29) is 0 Å². The molecule has 4 heteroatoms. The zero-order valence-corrected chi connectivity index (χ0v) is 14.1. The van der Waals surface area contributed by atoms with Crippen molar-refractivity contribution >= 4 is 5.82 Å². The molecule has 1 aliphatic rings. The number of aromatic nitrogens is 2. The Morgan fingerprint density at radius 1 is 1.24 bits per heavy atom. The highest BCUT2D eigenvalue weighted by Crippen LogP contribution is 2.30. The van der Waals surface area contributed by atoms with Gasteiger partial charge in [0.25, 0.3) is 0 Å². The lowest BCUT2D eigenvalue weighted by Gasteiger charge is -2.23. The second-order valence-corrected chi connectivity index (χ2v) is 7.03. The number of hydrogen-bond donors (Lipinski definition) is 1. The second kappa shape index (κ2) is 7.21. The van der Waals surface area contributed by atoms with E-state index in [0.717, 1.165) is 43.4 Å². The van der Waals surface area contributed by atoms with Gasteiger partial charge < -0.3 is 5.32 Å². The molecule has 1 fully saturated rings. The summed E-state index contributed by atoms with van der Waals surface area (Å²) in [6.07, 6.45) is 4.97. The fraction of sp³-hybridized carbons (Fsp3) is 0.765. The molecule has 0 spiro atoms. The molecule has 21 heavy (non-hydrogen) atoms. The molecule has 0 aromatic carbocycles. The number of rotatable bonds is 5. The molecule has 118 valence electrons. The normalized spacial score (nSPS) is 19.2. The summed E-state index contributed by atoms with van der Waals surface area (Å²) < 4.78 is 0. The Labute approximate surface area is 129 Å². The highest BCUT2D eigenvalue weighted by Gasteiger charge is 2.23. The van der Waals surface area contributed by atoms with Crippen molar-refractivity contribution in [2.24, 2.45) is 5.41 Å². The summed E-state index contributed by atoms with van der Waals surface area (Å²) in [5, 5.41) is 3.37. The summed E-state index contributed by atoms with van der Waals surface area (Å²) in [5.74, 6) is 1.92. The molecule has 1 aliphatic heterocycles. The lowest BCUT2D eigenvalue weighted by molar-refractivity contribution is 0.251. The maximum atomic E-state index is 4.67. The van der Waals surface area contributed by atoms with Gasteiger partial charge in [0, 0.05) is 18.3 Å². The Kier molecular flexibility index (Phi) is 5.57. The first-order valence-electron chi connectivity index (χ1n) is 8.29. The first-order chi connectivity index (χ1) is 9.98. The van der Waals surface area contributed by atoms with Crippen LogP contribution in [-0.2, 0) is 6.54 Å². The van der Waals surface area contributed by atoms with Gasteiger partial charge in [-0.3, -0.25) is 4.90 Å². The molecule has 2 heterocycles. The Morgan fingerprint density at radius 2 is 2.05 bits per heavy atom. The number of aryl methyl sites for hydroxylation is 1. The second-order valence-electron chi connectivity index (χ2n) is 7.03. The molecule has 0 atom stereocenters. The van der Waals surface area contributed by atoms with Crippen molar-refractivity contribution in [2.75, 3.05) is 25.0 Å². The van der Waals surface area contributed by atoms with Gasteiger partial charge in [-0.2, -0.15) is 0 Å². The van der Waals surface area contributed by atoms with Crippen molar-refractivity contribution in [2.45, 2.75) is 59.9 Å². The summed E-state index contributed by atoms with van der Waals surface area (Å²) >= 11 is 0. The van der Waals surface area contributed by atoms with Crippen LogP contribution in [0.15, 0.2) is 6.07 Å². The van der Waals surface area contributed by atoms with Gasteiger partial charge in [0.1, 0.15) is 11.6 Å². The van der Waals surface area contributed by atoms with E-state index in [1.54, 1.807) is 0 Å². The monoisotopic (exact) mass is 290 g/mol. The zero-order chi connectivity index (χ0) is 15.3. The van der Waals surface area contributed by atoms with Gasteiger partial charge in [0.2, 0.25) is 0 Å². The fourth-order valence-electron chi connectivity index (χ4n) is 2.88. The van der Waals surface area contributed by atoms with Crippen LogP contribution >= 0.6 is 0 Å². The van der Waals surface area contributed by atoms with Crippen LogP contribution in [0.5, 0.6) is 0 Å². The highest BCUT2D eigenvalue weighted by molar-refractivity contribution is 5.35. The van der Waals surface area contributed by atoms with E-state index in [0.29, 0.717) is 5.41 Å². The van der Waals surface area contributed by atoms with Gasteiger partial charge in [-0.25, -0.2) is 9.97 Å². The van der Waals surface area contributed by atoms with E-state index in [9.17, 15) is 0 Å². The van der Waals surface area contributed by atoms with Gasteiger partial charge in [-0.15, -0.1) is 0 Å². The van der Waals surface area contributed by atoms with Crippen LogP contribution in [0.3, 0.4) is 0 Å². The fourth-order valence-corrected chi connectivity index (χ4v) is 2.88. The molecule has 0 bridgehead atoms. The van der Waals surface area contributed by atoms with Crippen LogP contribution in [0.25, 0.3) is 0 Å². The van der Waals surface area contributed by atoms with Crippen molar-refractivity contribution in [1.82, 2.24) is 14.9 Å². The molecule has 0 aliphatic carbocycles. The third-order valence-corrected chi connectivity index (χ3v) is 4.25. The van der Waals surface area contributed by atoms with Gasteiger partial charge in [-0.05, 0) is 51.1 Å². The predicted molar refractivity (Wildman–Crippen MR) is 88.5 cm³/mol. The van der Waals surface area contributed by atoms with E-state index in [1.165, 1.54) is 25.8 Å². The van der Waals surface area contributed by atoms with Gasteiger partial charge in [0.05, 0.1) is 6.54 Å². The standard InChI is InChI=1S/C17H30N4/c1-5-9-18-15-12-14(2)19-16(20-15)13-21-10-6-7-17(3,4)8-11-21/h12H,5-11,13H2,1-4H3,(H,18,19,20).